The fourth-order valence-electron chi connectivity index (χ4n) is 1.78. The fraction of sp³-hybridized carbons (Fsp3) is 0.0769. The molecule has 0 fully saturated rings. The van der Waals surface area contributed by atoms with Gasteiger partial charge in [-0.1, -0.05) is 0 Å². The van der Waals surface area contributed by atoms with Gasteiger partial charge in [-0.2, -0.15) is 23.3 Å². The number of anilines is 1. The molecule has 5 nitrogen and oxygen atoms in total. The van der Waals surface area contributed by atoms with Crippen molar-refractivity contribution in [1.82, 2.24) is 14.6 Å². The van der Waals surface area contributed by atoms with Crippen molar-refractivity contribution in [2.24, 2.45) is 0 Å². The number of rotatable bonds is 2. The lowest BCUT2D eigenvalue weighted by atomic mass is 10.2. The number of nitrogen functional groups attached to an aromatic ring is 1. The highest BCUT2D eigenvalue weighted by Crippen LogP contribution is 2.34. The first kappa shape index (κ1) is 13.2. The number of nitrogens with two attached hydrogens (primary N) is 1. The number of ether oxygens (including phenoxy) is 1. The molecule has 0 spiro atoms. The number of hydrogen-bond donors (Lipinski definition) is 1. The molecule has 108 valence electrons. The Balaban J connectivity index is 1.90. The molecule has 0 aliphatic carbocycles. The zero-order valence-electron chi connectivity index (χ0n) is 10.5. The minimum atomic E-state index is -4.44. The first-order valence-corrected chi connectivity index (χ1v) is 5.88. The number of hydrogen-bond acceptors (Lipinski definition) is 4. The standard InChI is InChI=1S/C13H9F3N4O/c14-13(15,16)8-1-2-10(9(17)7-8)21-12-4-6-20-11(19-12)3-5-18-20/h1-7H,17H2. The summed E-state index contributed by atoms with van der Waals surface area (Å²) >= 11 is 0. The Morgan fingerprint density at radius 2 is 1.95 bits per heavy atom. The van der Waals surface area contributed by atoms with Crippen LogP contribution < -0.4 is 10.5 Å². The smallest absolute Gasteiger partial charge is 0.416 e. The van der Waals surface area contributed by atoms with Gasteiger partial charge in [0.1, 0.15) is 0 Å². The Bertz CT molecular complexity index is 797. The predicted molar refractivity (Wildman–Crippen MR) is 68.9 cm³/mol. The molecule has 3 rings (SSSR count). The number of nitrogens with zero attached hydrogens (tertiary/aromatic N) is 3. The van der Waals surface area contributed by atoms with Crippen LogP contribution in [0.4, 0.5) is 18.9 Å². The molecule has 21 heavy (non-hydrogen) atoms. The number of alkyl halides is 3. The van der Waals surface area contributed by atoms with Crippen LogP contribution in [0.15, 0.2) is 42.7 Å². The third-order valence-corrected chi connectivity index (χ3v) is 2.78. The lowest BCUT2D eigenvalue weighted by Crippen LogP contribution is -2.06. The normalized spacial score (nSPS) is 11.8. The first-order valence-electron chi connectivity index (χ1n) is 5.88. The molecule has 0 saturated heterocycles. The van der Waals surface area contributed by atoms with E-state index in [1.165, 1.54) is 16.6 Å². The largest absolute Gasteiger partial charge is 0.437 e. The molecule has 0 bridgehead atoms. The highest BCUT2D eigenvalue weighted by molar-refractivity contribution is 5.56. The third-order valence-electron chi connectivity index (χ3n) is 2.78. The van der Waals surface area contributed by atoms with E-state index in [0.29, 0.717) is 5.65 Å². The molecule has 0 amide bonds. The molecule has 2 aromatic heterocycles. The van der Waals surface area contributed by atoms with E-state index in [2.05, 4.69) is 10.1 Å². The van der Waals surface area contributed by atoms with Crippen LogP contribution in [0.25, 0.3) is 5.65 Å². The molecule has 8 heteroatoms. The van der Waals surface area contributed by atoms with E-state index in [1.54, 1.807) is 18.5 Å². The van der Waals surface area contributed by atoms with E-state index in [0.717, 1.165) is 12.1 Å². The molecule has 0 unspecified atom stereocenters. The van der Waals surface area contributed by atoms with Crippen molar-refractivity contribution in [2.45, 2.75) is 6.18 Å². The van der Waals surface area contributed by atoms with Gasteiger partial charge < -0.3 is 10.5 Å². The van der Waals surface area contributed by atoms with Gasteiger partial charge in [0, 0.05) is 18.3 Å². The van der Waals surface area contributed by atoms with E-state index in [4.69, 9.17) is 10.5 Å². The minimum absolute atomic E-state index is 0.111. The number of aromatic nitrogens is 3. The maximum absolute atomic E-state index is 12.5. The van der Waals surface area contributed by atoms with Gasteiger partial charge in [0.2, 0.25) is 5.88 Å². The maximum Gasteiger partial charge on any atom is 0.416 e. The Morgan fingerprint density at radius 3 is 2.67 bits per heavy atom. The van der Waals surface area contributed by atoms with Crippen LogP contribution in [-0.2, 0) is 6.18 Å². The summed E-state index contributed by atoms with van der Waals surface area (Å²) in [5, 5.41) is 3.97. The summed E-state index contributed by atoms with van der Waals surface area (Å²) < 4.78 is 44.6. The average Bonchev–Trinajstić information content (AvgIpc) is 2.87. The van der Waals surface area contributed by atoms with Gasteiger partial charge in [0.15, 0.2) is 11.4 Å². The second-order valence-corrected chi connectivity index (χ2v) is 4.25. The van der Waals surface area contributed by atoms with Crippen molar-refractivity contribution in [1.29, 1.82) is 0 Å². The van der Waals surface area contributed by atoms with Crippen LogP contribution in [0.2, 0.25) is 0 Å². The van der Waals surface area contributed by atoms with Gasteiger partial charge in [-0.3, -0.25) is 0 Å². The summed E-state index contributed by atoms with van der Waals surface area (Å²) in [7, 11) is 0. The lowest BCUT2D eigenvalue weighted by Gasteiger charge is -2.11. The van der Waals surface area contributed by atoms with Crippen LogP contribution in [0, 0.1) is 0 Å². The van der Waals surface area contributed by atoms with E-state index in [9.17, 15) is 13.2 Å². The molecule has 0 aliphatic rings. The minimum Gasteiger partial charge on any atom is -0.437 e. The SMILES string of the molecule is Nc1cc(C(F)(F)F)ccc1Oc1ccn2nccc2n1. The van der Waals surface area contributed by atoms with Gasteiger partial charge >= 0.3 is 6.18 Å². The second-order valence-electron chi connectivity index (χ2n) is 4.25. The van der Waals surface area contributed by atoms with E-state index in [-0.39, 0.29) is 17.3 Å². The molecule has 2 heterocycles. The van der Waals surface area contributed by atoms with Crippen LogP contribution in [0.3, 0.4) is 0 Å². The molecule has 3 aromatic rings. The van der Waals surface area contributed by atoms with Crippen LogP contribution >= 0.6 is 0 Å². The Kier molecular flexibility index (Phi) is 2.93. The van der Waals surface area contributed by atoms with Crippen molar-refractivity contribution in [2.75, 3.05) is 5.73 Å². The zero-order valence-corrected chi connectivity index (χ0v) is 10.5. The van der Waals surface area contributed by atoms with Gasteiger partial charge in [-0.15, -0.1) is 0 Å². The van der Waals surface area contributed by atoms with Crippen molar-refractivity contribution in [3.05, 3.63) is 48.3 Å². The lowest BCUT2D eigenvalue weighted by molar-refractivity contribution is -0.137. The van der Waals surface area contributed by atoms with Crippen LogP contribution in [0.1, 0.15) is 5.56 Å². The molecule has 0 radical (unpaired) electrons. The highest BCUT2D eigenvalue weighted by Gasteiger charge is 2.31. The second kappa shape index (κ2) is 4.65. The van der Waals surface area contributed by atoms with Crippen molar-refractivity contribution < 1.29 is 17.9 Å². The molecular weight excluding hydrogens is 285 g/mol. The van der Waals surface area contributed by atoms with Gasteiger partial charge in [0.25, 0.3) is 0 Å². The summed E-state index contributed by atoms with van der Waals surface area (Å²) in [6.45, 7) is 0. The van der Waals surface area contributed by atoms with Gasteiger partial charge in [-0.25, -0.2) is 4.52 Å². The zero-order chi connectivity index (χ0) is 15.0. The number of benzene rings is 1. The first-order chi connectivity index (χ1) is 9.93. The Hall–Kier alpha value is -2.77. The van der Waals surface area contributed by atoms with E-state index < -0.39 is 11.7 Å². The van der Waals surface area contributed by atoms with Crippen LogP contribution in [0.5, 0.6) is 11.6 Å². The monoisotopic (exact) mass is 294 g/mol. The average molecular weight is 294 g/mol. The molecule has 0 aliphatic heterocycles. The number of halogens is 3. The predicted octanol–water partition coefficient (Wildman–Crippen LogP) is 3.12. The summed E-state index contributed by atoms with van der Waals surface area (Å²) in [6, 6.07) is 6.11. The fourth-order valence-corrected chi connectivity index (χ4v) is 1.78. The Morgan fingerprint density at radius 1 is 1.14 bits per heavy atom. The van der Waals surface area contributed by atoms with E-state index >= 15 is 0 Å². The topological polar surface area (TPSA) is 65.4 Å². The number of fused-ring (bicyclic) bond motifs is 1. The summed E-state index contributed by atoms with van der Waals surface area (Å²) in [5.74, 6) is 0.328. The van der Waals surface area contributed by atoms with Crippen molar-refractivity contribution in [3.8, 4) is 11.6 Å². The molecular formula is C13H9F3N4O. The molecule has 0 saturated carbocycles. The maximum atomic E-state index is 12.5. The summed E-state index contributed by atoms with van der Waals surface area (Å²) in [4.78, 5) is 4.14. The van der Waals surface area contributed by atoms with Crippen molar-refractivity contribution >= 4 is 11.3 Å². The molecule has 2 N–H and O–H groups in total. The molecule has 0 atom stereocenters. The van der Waals surface area contributed by atoms with E-state index in [1.807, 2.05) is 0 Å². The van der Waals surface area contributed by atoms with Gasteiger partial charge in [-0.05, 0) is 18.2 Å². The summed E-state index contributed by atoms with van der Waals surface area (Å²) in [5.41, 5.74) is 5.20. The molecule has 1 aromatic carbocycles. The summed E-state index contributed by atoms with van der Waals surface area (Å²) in [6.07, 6.45) is -1.25. The van der Waals surface area contributed by atoms with Gasteiger partial charge in [0.05, 0.1) is 17.4 Å². The quantitative estimate of drug-likeness (QED) is 0.737. The Labute approximate surface area is 116 Å². The third kappa shape index (κ3) is 2.60. The van der Waals surface area contributed by atoms with Crippen molar-refractivity contribution in [3.63, 3.8) is 0 Å². The highest BCUT2D eigenvalue weighted by atomic mass is 19.4. The van der Waals surface area contributed by atoms with Crippen LogP contribution in [-0.4, -0.2) is 14.6 Å².